The minimum absolute atomic E-state index is 0.438. The molecule has 0 amide bonds. The van der Waals surface area contributed by atoms with E-state index in [2.05, 4.69) is 65.5 Å². The first-order valence-corrected chi connectivity index (χ1v) is 11.6. The van der Waals surface area contributed by atoms with Gasteiger partial charge >= 0.3 is 0 Å². The number of para-hydroxylation sites is 1. The van der Waals surface area contributed by atoms with Crippen LogP contribution >= 0.6 is 11.8 Å². The summed E-state index contributed by atoms with van der Waals surface area (Å²) in [6.45, 7) is 4.59. The lowest BCUT2D eigenvalue weighted by Crippen LogP contribution is -2.02. The monoisotopic (exact) mass is 458 g/mol. The van der Waals surface area contributed by atoms with E-state index in [1.54, 1.807) is 36.1 Å². The number of methoxy groups -OCH3 is 1. The molecule has 0 aliphatic heterocycles. The number of ether oxygens (including phenoxy) is 2. The third-order valence-corrected chi connectivity index (χ3v) is 6.01. The second-order valence-corrected chi connectivity index (χ2v) is 8.58. The van der Waals surface area contributed by atoms with E-state index in [4.69, 9.17) is 9.47 Å². The van der Waals surface area contributed by atoms with Gasteiger partial charge in [0.25, 0.3) is 0 Å². The Morgan fingerprint density at radius 1 is 0.970 bits per heavy atom. The highest BCUT2D eigenvalue weighted by Crippen LogP contribution is 2.31. The quantitative estimate of drug-likeness (QED) is 0.239. The van der Waals surface area contributed by atoms with Gasteiger partial charge in [0, 0.05) is 11.3 Å². The van der Waals surface area contributed by atoms with Crippen molar-refractivity contribution in [2.45, 2.75) is 31.4 Å². The molecule has 0 aliphatic carbocycles. The van der Waals surface area contributed by atoms with Gasteiger partial charge in [0.1, 0.15) is 12.9 Å². The van der Waals surface area contributed by atoms with Crippen molar-refractivity contribution in [2.75, 3.05) is 7.11 Å². The lowest BCUT2D eigenvalue weighted by atomic mass is 10.1. The summed E-state index contributed by atoms with van der Waals surface area (Å²) in [5, 5.41) is 13.5. The van der Waals surface area contributed by atoms with E-state index in [0.29, 0.717) is 18.1 Å². The summed E-state index contributed by atoms with van der Waals surface area (Å²) in [4.78, 5) is 0. The van der Waals surface area contributed by atoms with Crippen LogP contribution in [0.25, 0.3) is 0 Å². The fraction of sp³-hybridized carbons (Fsp3) is 0.192. The Morgan fingerprint density at radius 3 is 2.58 bits per heavy atom. The summed E-state index contributed by atoms with van der Waals surface area (Å²) in [5.74, 6) is 2.09. The van der Waals surface area contributed by atoms with Gasteiger partial charge in [-0.2, -0.15) is 9.78 Å². The van der Waals surface area contributed by atoms with Crippen LogP contribution in [0.2, 0.25) is 0 Å². The summed E-state index contributed by atoms with van der Waals surface area (Å²) in [7, 11) is 1.63. The SMILES string of the molecule is COc1cccc(/C=N/n2cnnc2SCc2ccc(C)cc2)c1OCc1cccc(C)c1. The smallest absolute Gasteiger partial charge is 0.212 e. The minimum Gasteiger partial charge on any atom is -0.493 e. The normalized spacial score (nSPS) is 11.1. The Bertz CT molecular complexity index is 1240. The summed E-state index contributed by atoms with van der Waals surface area (Å²) in [6.07, 6.45) is 3.34. The van der Waals surface area contributed by atoms with Gasteiger partial charge in [0.05, 0.1) is 13.3 Å². The summed E-state index contributed by atoms with van der Waals surface area (Å²) >= 11 is 1.59. The van der Waals surface area contributed by atoms with Crippen molar-refractivity contribution in [3.05, 3.63) is 101 Å². The molecular formula is C26H26N4O2S. The van der Waals surface area contributed by atoms with Gasteiger partial charge in [-0.05, 0) is 37.1 Å². The Hall–Kier alpha value is -3.58. The third-order valence-electron chi connectivity index (χ3n) is 5.00. The predicted octanol–water partition coefficient (Wildman–Crippen LogP) is 5.66. The molecule has 3 aromatic carbocycles. The van der Waals surface area contributed by atoms with Crippen molar-refractivity contribution in [1.82, 2.24) is 14.9 Å². The fourth-order valence-electron chi connectivity index (χ4n) is 3.26. The number of aryl methyl sites for hydroxylation is 2. The molecule has 4 rings (SSSR count). The second-order valence-electron chi connectivity index (χ2n) is 7.63. The largest absolute Gasteiger partial charge is 0.493 e. The highest BCUT2D eigenvalue weighted by Gasteiger charge is 2.11. The maximum Gasteiger partial charge on any atom is 0.212 e. The Kier molecular flexibility index (Phi) is 7.42. The number of thioether (sulfide) groups is 1. The number of hydrogen-bond donors (Lipinski definition) is 0. The van der Waals surface area contributed by atoms with E-state index in [0.717, 1.165) is 22.0 Å². The first-order valence-electron chi connectivity index (χ1n) is 10.6. The van der Waals surface area contributed by atoms with Gasteiger partial charge in [0.15, 0.2) is 11.5 Å². The van der Waals surface area contributed by atoms with Gasteiger partial charge in [-0.15, -0.1) is 10.2 Å². The lowest BCUT2D eigenvalue weighted by Gasteiger charge is -2.13. The first-order chi connectivity index (χ1) is 16.1. The molecule has 0 saturated carbocycles. The molecular weight excluding hydrogens is 432 g/mol. The van der Waals surface area contributed by atoms with Gasteiger partial charge in [0.2, 0.25) is 5.16 Å². The molecule has 0 spiro atoms. The van der Waals surface area contributed by atoms with E-state index < -0.39 is 0 Å². The molecule has 1 aromatic heterocycles. The number of benzene rings is 3. The Labute approximate surface area is 198 Å². The third kappa shape index (κ3) is 6.02. The molecule has 0 radical (unpaired) electrons. The maximum atomic E-state index is 6.15. The highest BCUT2D eigenvalue weighted by atomic mass is 32.2. The zero-order chi connectivity index (χ0) is 23.0. The molecule has 0 saturated heterocycles. The van der Waals surface area contributed by atoms with Crippen molar-refractivity contribution in [2.24, 2.45) is 5.10 Å². The van der Waals surface area contributed by atoms with E-state index in [9.17, 15) is 0 Å². The minimum atomic E-state index is 0.438. The maximum absolute atomic E-state index is 6.15. The molecule has 0 unspecified atom stereocenters. The zero-order valence-corrected chi connectivity index (χ0v) is 19.7. The van der Waals surface area contributed by atoms with Crippen molar-refractivity contribution in [3.63, 3.8) is 0 Å². The van der Waals surface area contributed by atoms with Crippen LogP contribution in [0.5, 0.6) is 11.5 Å². The van der Waals surface area contributed by atoms with Gasteiger partial charge in [-0.1, -0.05) is 77.5 Å². The number of hydrogen-bond acceptors (Lipinski definition) is 6. The average molecular weight is 459 g/mol. The fourth-order valence-corrected chi connectivity index (χ4v) is 4.08. The van der Waals surface area contributed by atoms with Crippen molar-refractivity contribution in [1.29, 1.82) is 0 Å². The molecule has 1 heterocycles. The Balaban J connectivity index is 1.50. The molecule has 0 bridgehead atoms. The first kappa shape index (κ1) is 22.6. The van der Waals surface area contributed by atoms with Crippen molar-refractivity contribution in [3.8, 4) is 11.5 Å². The van der Waals surface area contributed by atoms with E-state index in [-0.39, 0.29) is 0 Å². The summed E-state index contributed by atoms with van der Waals surface area (Å²) in [5.41, 5.74) is 5.57. The number of rotatable bonds is 9. The molecule has 7 heteroatoms. The van der Waals surface area contributed by atoms with Crippen LogP contribution < -0.4 is 9.47 Å². The molecule has 0 N–H and O–H groups in total. The molecule has 168 valence electrons. The van der Waals surface area contributed by atoms with Gasteiger partial charge < -0.3 is 9.47 Å². The van der Waals surface area contributed by atoms with Gasteiger partial charge in [-0.3, -0.25) is 0 Å². The van der Waals surface area contributed by atoms with Crippen LogP contribution in [0.15, 0.2) is 83.3 Å². The van der Waals surface area contributed by atoms with E-state index in [1.807, 2.05) is 30.3 Å². The predicted molar refractivity (Wildman–Crippen MR) is 132 cm³/mol. The van der Waals surface area contributed by atoms with E-state index >= 15 is 0 Å². The Morgan fingerprint density at radius 2 is 1.79 bits per heavy atom. The molecule has 33 heavy (non-hydrogen) atoms. The van der Waals surface area contributed by atoms with Crippen LogP contribution in [-0.2, 0) is 12.4 Å². The molecule has 4 aromatic rings. The highest BCUT2D eigenvalue weighted by molar-refractivity contribution is 7.98. The van der Waals surface area contributed by atoms with Crippen molar-refractivity contribution >= 4 is 18.0 Å². The van der Waals surface area contributed by atoms with Crippen LogP contribution in [0.4, 0.5) is 0 Å². The van der Waals surface area contributed by atoms with Crippen LogP contribution in [0.1, 0.15) is 27.8 Å². The van der Waals surface area contributed by atoms with Crippen LogP contribution in [0.3, 0.4) is 0 Å². The average Bonchev–Trinajstić information content (AvgIpc) is 3.28. The zero-order valence-electron chi connectivity index (χ0n) is 18.9. The molecule has 6 nitrogen and oxygen atoms in total. The van der Waals surface area contributed by atoms with Crippen LogP contribution in [0, 0.1) is 13.8 Å². The number of aromatic nitrogens is 3. The second kappa shape index (κ2) is 10.8. The standard InChI is InChI=1S/C26H26N4O2S/c1-19-10-12-21(13-11-19)17-33-26-29-27-18-30(26)28-15-23-8-5-9-24(31-3)25(23)32-16-22-7-4-6-20(2)14-22/h4-15,18H,16-17H2,1-3H3/b28-15+. The van der Waals surface area contributed by atoms with Crippen molar-refractivity contribution < 1.29 is 9.47 Å². The summed E-state index contributed by atoms with van der Waals surface area (Å²) in [6, 6.07) is 22.5. The summed E-state index contributed by atoms with van der Waals surface area (Å²) < 4.78 is 13.4. The molecule has 0 fully saturated rings. The van der Waals surface area contributed by atoms with Gasteiger partial charge in [-0.25, -0.2) is 0 Å². The van der Waals surface area contributed by atoms with Crippen LogP contribution in [-0.4, -0.2) is 28.2 Å². The molecule has 0 atom stereocenters. The van der Waals surface area contributed by atoms with E-state index in [1.165, 1.54) is 16.7 Å². The lowest BCUT2D eigenvalue weighted by molar-refractivity contribution is 0.284. The number of nitrogens with zero attached hydrogens (tertiary/aromatic N) is 4. The molecule has 0 aliphatic rings. The topological polar surface area (TPSA) is 61.5 Å².